The van der Waals surface area contributed by atoms with E-state index in [0.717, 1.165) is 0 Å². The lowest BCUT2D eigenvalue weighted by Crippen LogP contribution is -2.12. The zero-order valence-electron chi connectivity index (χ0n) is 7.58. The van der Waals surface area contributed by atoms with E-state index in [1.807, 2.05) is 6.07 Å². The Hall–Kier alpha value is -0.830. The Balaban J connectivity index is 0.00000196. The average Bonchev–Trinajstić information content (AvgIpc) is 2.20. The van der Waals surface area contributed by atoms with Crippen molar-refractivity contribution in [2.24, 2.45) is 5.73 Å². The van der Waals surface area contributed by atoms with Crippen LogP contribution in [0.5, 0.6) is 5.75 Å². The molecule has 1 rings (SSSR count). The molecule has 0 spiro atoms. The fourth-order valence-electron chi connectivity index (χ4n) is 1.05. The number of aromatic hydroxyl groups is 1. The molecule has 0 bridgehead atoms. The van der Waals surface area contributed by atoms with Gasteiger partial charge in [0.2, 0.25) is 0 Å². The summed E-state index contributed by atoms with van der Waals surface area (Å²) in [5.74, 6) is -0.117. The Kier molecular flexibility index (Phi) is 5.58. The highest BCUT2D eigenvalue weighted by molar-refractivity contribution is 9.10. The van der Waals surface area contributed by atoms with E-state index in [4.69, 9.17) is 11.0 Å². The summed E-state index contributed by atoms with van der Waals surface area (Å²) in [6.07, 6.45) is 0. The summed E-state index contributed by atoms with van der Waals surface area (Å²) in [5, 5.41) is 18.2. The number of nitrogens with zero attached hydrogens (tertiary/aromatic N) is 1. The predicted molar refractivity (Wildman–Crippen MR) is 60.7 cm³/mol. The summed E-state index contributed by atoms with van der Waals surface area (Å²) in [4.78, 5) is 0. The molecule has 3 N–H and O–H groups in total. The molecule has 15 heavy (non-hydrogen) atoms. The van der Waals surface area contributed by atoms with Crippen LogP contribution in [0, 0.1) is 11.3 Å². The first kappa shape index (κ1) is 14.2. The number of halogens is 3. The Morgan fingerprint density at radius 2 is 2.20 bits per heavy atom. The number of hydrogen-bond donors (Lipinski definition) is 2. The van der Waals surface area contributed by atoms with Crippen LogP contribution < -0.4 is 5.73 Å². The Morgan fingerprint density at radius 3 is 2.67 bits per heavy atom. The van der Waals surface area contributed by atoms with Crippen LogP contribution in [0.25, 0.3) is 0 Å². The molecule has 0 aliphatic rings. The highest BCUT2D eigenvalue weighted by Crippen LogP contribution is 2.32. The van der Waals surface area contributed by atoms with Gasteiger partial charge in [-0.25, -0.2) is 4.39 Å². The molecule has 0 aromatic heterocycles. The van der Waals surface area contributed by atoms with E-state index < -0.39 is 12.7 Å². The van der Waals surface area contributed by atoms with Gasteiger partial charge in [-0.3, -0.25) is 0 Å². The fraction of sp³-hybridized carbons (Fsp3) is 0.222. The van der Waals surface area contributed by atoms with E-state index >= 15 is 0 Å². The smallest absolute Gasteiger partial charge is 0.134 e. The second kappa shape index (κ2) is 5.91. The third-order valence-electron chi connectivity index (χ3n) is 1.79. The predicted octanol–water partition coefficient (Wildman–Crippen LogP) is 2.42. The van der Waals surface area contributed by atoms with Crippen molar-refractivity contribution in [1.82, 2.24) is 0 Å². The van der Waals surface area contributed by atoms with Gasteiger partial charge in [-0.1, -0.05) is 0 Å². The van der Waals surface area contributed by atoms with Gasteiger partial charge < -0.3 is 10.8 Å². The van der Waals surface area contributed by atoms with Crippen molar-refractivity contribution in [3.63, 3.8) is 0 Å². The highest BCUT2D eigenvalue weighted by Gasteiger charge is 2.14. The minimum Gasteiger partial charge on any atom is -0.506 e. The first-order valence-corrected chi connectivity index (χ1v) is 4.63. The van der Waals surface area contributed by atoms with E-state index in [2.05, 4.69) is 15.9 Å². The first-order valence-electron chi connectivity index (χ1n) is 3.84. The molecule has 6 heteroatoms. The van der Waals surface area contributed by atoms with Crippen molar-refractivity contribution in [3.8, 4) is 11.8 Å². The van der Waals surface area contributed by atoms with Crippen molar-refractivity contribution >= 4 is 28.3 Å². The van der Waals surface area contributed by atoms with Crippen molar-refractivity contribution < 1.29 is 9.50 Å². The number of hydrogen-bond acceptors (Lipinski definition) is 3. The molecule has 0 unspecified atom stereocenters. The third kappa shape index (κ3) is 3.06. The number of nitrogens with two attached hydrogens (primary N) is 1. The molecule has 0 aliphatic heterocycles. The van der Waals surface area contributed by atoms with Gasteiger partial charge in [0, 0.05) is 5.56 Å². The van der Waals surface area contributed by atoms with Crippen LogP contribution in [-0.2, 0) is 0 Å². The fourth-order valence-corrected chi connectivity index (χ4v) is 1.53. The van der Waals surface area contributed by atoms with Crippen molar-refractivity contribution in [3.05, 3.63) is 27.7 Å². The lowest BCUT2D eigenvalue weighted by atomic mass is 10.0. The summed E-state index contributed by atoms with van der Waals surface area (Å²) in [6, 6.07) is 3.82. The SMILES string of the molecule is Cl.N#Cc1cc(Br)c(O)c([C@H](N)CF)c1. The number of phenols is 1. The minimum absolute atomic E-state index is 0. The molecule has 0 saturated carbocycles. The monoisotopic (exact) mass is 294 g/mol. The Morgan fingerprint density at radius 1 is 1.60 bits per heavy atom. The number of alkyl halides is 1. The largest absolute Gasteiger partial charge is 0.506 e. The van der Waals surface area contributed by atoms with E-state index in [0.29, 0.717) is 10.0 Å². The van der Waals surface area contributed by atoms with Gasteiger partial charge in [-0.2, -0.15) is 5.26 Å². The molecule has 82 valence electrons. The average molecular weight is 296 g/mol. The molecular formula is C9H9BrClFN2O. The van der Waals surface area contributed by atoms with E-state index in [1.165, 1.54) is 12.1 Å². The lowest BCUT2D eigenvalue weighted by Gasteiger charge is -2.11. The van der Waals surface area contributed by atoms with Crippen LogP contribution in [-0.4, -0.2) is 11.8 Å². The molecule has 1 aromatic carbocycles. The zero-order chi connectivity index (χ0) is 10.7. The standard InChI is InChI=1S/C9H8BrFN2O.ClH/c10-7-2-5(4-12)1-6(9(7)14)8(13)3-11;/h1-2,8,14H,3,13H2;1H/t8-;/m1./s1. The second-order valence-corrected chi connectivity index (χ2v) is 3.62. The van der Waals surface area contributed by atoms with Gasteiger partial charge in [0.05, 0.1) is 22.1 Å². The molecular weight excluding hydrogens is 286 g/mol. The van der Waals surface area contributed by atoms with Crippen LogP contribution in [0.1, 0.15) is 17.2 Å². The Labute approximate surface area is 101 Å². The maximum Gasteiger partial charge on any atom is 0.134 e. The molecule has 0 fully saturated rings. The quantitative estimate of drug-likeness (QED) is 0.880. The van der Waals surface area contributed by atoms with Gasteiger partial charge >= 0.3 is 0 Å². The topological polar surface area (TPSA) is 70.0 Å². The molecule has 0 amide bonds. The molecule has 3 nitrogen and oxygen atoms in total. The summed E-state index contributed by atoms with van der Waals surface area (Å²) in [7, 11) is 0. The van der Waals surface area contributed by atoms with Crippen molar-refractivity contribution in [2.45, 2.75) is 6.04 Å². The van der Waals surface area contributed by atoms with Gasteiger partial charge in [0.25, 0.3) is 0 Å². The molecule has 0 aliphatic carbocycles. The summed E-state index contributed by atoms with van der Waals surface area (Å²) >= 11 is 3.06. The van der Waals surface area contributed by atoms with E-state index in [-0.39, 0.29) is 23.7 Å². The number of phenolic OH excluding ortho intramolecular Hbond substituents is 1. The van der Waals surface area contributed by atoms with E-state index in [1.54, 1.807) is 0 Å². The van der Waals surface area contributed by atoms with Crippen molar-refractivity contribution in [1.29, 1.82) is 5.26 Å². The van der Waals surface area contributed by atoms with Crippen LogP contribution in [0.2, 0.25) is 0 Å². The highest BCUT2D eigenvalue weighted by atomic mass is 79.9. The number of nitriles is 1. The number of rotatable bonds is 2. The maximum absolute atomic E-state index is 12.3. The van der Waals surface area contributed by atoms with Gasteiger partial charge in [0.1, 0.15) is 12.4 Å². The minimum atomic E-state index is -0.903. The van der Waals surface area contributed by atoms with Gasteiger partial charge in [-0.15, -0.1) is 12.4 Å². The normalized spacial score (nSPS) is 11.3. The molecule has 1 atom stereocenters. The first-order chi connectivity index (χ1) is 6.60. The summed E-state index contributed by atoms with van der Waals surface area (Å²) in [5.41, 5.74) is 5.98. The molecule has 0 heterocycles. The summed E-state index contributed by atoms with van der Waals surface area (Å²) in [6.45, 7) is -0.783. The van der Waals surface area contributed by atoms with Crippen LogP contribution in [0.4, 0.5) is 4.39 Å². The van der Waals surface area contributed by atoms with Crippen LogP contribution >= 0.6 is 28.3 Å². The van der Waals surface area contributed by atoms with E-state index in [9.17, 15) is 9.50 Å². The van der Waals surface area contributed by atoms with Gasteiger partial charge in [0.15, 0.2) is 0 Å². The number of benzene rings is 1. The molecule has 0 radical (unpaired) electrons. The molecule has 1 aromatic rings. The van der Waals surface area contributed by atoms with Crippen LogP contribution in [0.3, 0.4) is 0 Å². The maximum atomic E-state index is 12.3. The van der Waals surface area contributed by atoms with Gasteiger partial charge in [-0.05, 0) is 28.1 Å². The molecule has 0 saturated heterocycles. The third-order valence-corrected chi connectivity index (χ3v) is 2.39. The lowest BCUT2D eigenvalue weighted by molar-refractivity contribution is 0.413. The Bertz CT molecular complexity index is 394. The van der Waals surface area contributed by atoms with Crippen LogP contribution in [0.15, 0.2) is 16.6 Å². The zero-order valence-corrected chi connectivity index (χ0v) is 9.98. The van der Waals surface area contributed by atoms with Crippen molar-refractivity contribution in [2.75, 3.05) is 6.67 Å². The summed E-state index contributed by atoms with van der Waals surface area (Å²) < 4.78 is 12.6. The second-order valence-electron chi connectivity index (χ2n) is 2.77.